The minimum Gasteiger partial charge on any atom is -0.508 e. The van der Waals surface area contributed by atoms with Gasteiger partial charge in [0.05, 0.1) is 0 Å². The first-order chi connectivity index (χ1) is 5.72. The Kier molecular flexibility index (Phi) is 2.88. The van der Waals surface area contributed by atoms with E-state index in [-0.39, 0.29) is 11.8 Å². The van der Waals surface area contributed by atoms with Crippen molar-refractivity contribution in [1.82, 2.24) is 0 Å². The molecule has 0 heterocycles. The fourth-order valence-corrected chi connectivity index (χ4v) is 0.988. The van der Waals surface area contributed by atoms with Crippen LogP contribution in [0, 0.1) is 0 Å². The van der Waals surface area contributed by atoms with Crippen LogP contribution in [0.4, 0.5) is 0 Å². The second kappa shape index (κ2) is 3.93. The van der Waals surface area contributed by atoms with Crippen molar-refractivity contribution in [2.24, 2.45) is 5.73 Å². The van der Waals surface area contributed by atoms with Crippen molar-refractivity contribution in [3.63, 3.8) is 0 Å². The zero-order valence-corrected chi connectivity index (χ0v) is 6.90. The Morgan fingerprint density at radius 2 is 2.00 bits per heavy atom. The number of phenols is 1. The summed E-state index contributed by atoms with van der Waals surface area (Å²) in [6.07, 6.45) is 2.48. The lowest BCUT2D eigenvalue weighted by Crippen LogP contribution is -2.19. The van der Waals surface area contributed by atoms with E-state index in [0.717, 1.165) is 12.0 Å². The third-order valence-corrected chi connectivity index (χ3v) is 1.71. The van der Waals surface area contributed by atoms with Crippen molar-refractivity contribution in [3.05, 3.63) is 42.5 Å². The second-order valence-electron chi connectivity index (χ2n) is 2.77. The van der Waals surface area contributed by atoms with Gasteiger partial charge in [-0.2, -0.15) is 0 Å². The molecular formula is C10H13NO. The van der Waals surface area contributed by atoms with Crippen LogP contribution in [-0.4, -0.2) is 11.1 Å². The molecule has 0 radical (unpaired) electrons. The summed E-state index contributed by atoms with van der Waals surface area (Å²) in [5.74, 6) is 0.283. The first kappa shape index (κ1) is 8.81. The average molecular weight is 163 g/mol. The normalized spacial score (nSPS) is 12.4. The molecule has 64 valence electrons. The summed E-state index contributed by atoms with van der Waals surface area (Å²) in [6, 6.07) is 7.03. The van der Waals surface area contributed by atoms with Crippen LogP contribution in [0.2, 0.25) is 0 Å². The molecule has 1 aromatic rings. The molecule has 12 heavy (non-hydrogen) atoms. The molecular weight excluding hydrogens is 150 g/mol. The van der Waals surface area contributed by atoms with Gasteiger partial charge in [-0.1, -0.05) is 18.2 Å². The predicted octanol–water partition coefficient (Wildman–Crippen LogP) is 1.45. The number of hydrogen-bond acceptors (Lipinski definition) is 2. The molecule has 0 spiro atoms. The van der Waals surface area contributed by atoms with E-state index in [1.165, 1.54) is 0 Å². The van der Waals surface area contributed by atoms with Crippen molar-refractivity contribution in [1.29, 1.82) is 0 Å². The highest BCUT2D eigenvalue weighted by molar-refractivity contribution is 5.26. The van der Waals surface area contributed by atoms with E-state index in [9.17, 15) is 0 Å². The van der Waals surface area contributed by atoms with Crippen LogP contribution < -0.4 is 5.73 Å². The fraction of sp³-hybridized carbons (Fsp3) is 0.200. The van der Waals surface area contributed by atoms with Gasteiger partial charge in [-0.05, 0) is 24.1 Å². The molecule has 2 heteroatoms. The fourth-order valence-electron chi connectivity index (χ4n) is 0.988. The largest absolute Gasteiger partial charge is 0.508 e. The molecule has 0 aliphatic heterocycles. The van der Waals surface area contributed by atoms with Crippen LogP contribution in [0.15, 0.2) is 36.9 Å². The minimum atomic E-state index is -0.00505. The lowest BCUT2D eigenvalue weighted by Gasteiger charge is -2.05. The van der Waals surface area contributed by atoms with Crippen LogP contribution in [0.3, 0.4) is 0 Å². The van der Waals surface area contributed by atoms with Gasteiger partial charge in [-0.3, -0.25) is 0 Å². The third-order valence-electron chi connectivity index (χ3n) is 1.71. The number of benzene rings is 1. The average Bonchev–Trinajstić information content (AvgIpc) is 2.09. The Balaban J connectivity index is 2.64. The Hall–Kier alpha value is -1.28. The predicted molar refractivity (Wildman–Crippen MR) is 50.0 cm³/mol. The Labute approximate surface area is 72.3 Å². The lowest BCUT2D eigenvalue weighted by molar-refractivity contribution is 0.475. The quantitative estimate of drug-likeness (QED) is 0.662. The highest BCUT2D eigenvalue weighted by atomic mass is 16.3. The van der Waals surface area contributed by atoms with Crippen molar-refractivity contribution in [2.75, 3.05) is 0 Å². The maximum Gasteiger partial charge on any atom is 0.115 e. The summed E-state index contributed by atoms with van der Waals surface area (Å²) < 4.78 is 0. The molecule has 1 rings (SSSR count). The molecule has 0 bridgehead atoms. The van der Waals surface area contributed by atoms with E-state index < -0.39 is 0 Å². The van der Waals surface area contributed by atoms with Gasteiger partial charge >= 0.3 is 0 Å². The zero-order chi connectivity index (χ0) is 8.97. The summed E-state index contributed by atoms with van der Waals surface area (Å²) in [5.41, 5.74) is 6.77. The van der Waals surface area contributed by atoms with Crippen LogP contribution in [0.5, 0.6) is 5.75 Å². The number of hydrogen-bond donors (Lipinski definition) is 2. The van der Waals surface area contributed by atoms with Gasteiger partial charge in [0.25, 0.3) is 0 Å². The SMILES string of the molecule is C=CC(N)Cc1ccc(O)cc1. The van der Waals surface area contributed by atoms with E-state index in [1.807, 2.05) is 12.1 Å². The van der Waals surface area contributed by atoms with E-state index in [4.69, 9.17) is 10.8 Å². The third kappa shape index (κ3) is 2.40. The van der Waals surface area contributed by atoms with Crippen LogP contribution in [-0.2, 0) is 6.42 Å². The van der Waals surface area contributed by atoms with Gasteiger partial charge in [0.2, 0.25) is 0 Å². The van der Waals surface area contributed by atoms with Crippen molar-refractivity contribution < 1.29 is 5.11 Å². The molecule has 0 amide bonds. The number of nitrogens with two attached hydrogens (primary N) is 1. The van der Waals surface area contributed by atoms with Gasteiger partial charge in [-0.25, -0.2) is 0 Å². The molecule has 0 aromatic heterocycles. The lowest BCUT2D eigenvalue weighted by atomic mass is 10.1. The van der Waals surface area contributed by atoms with Gasteiger partial charge in [0, 0.05) is 6.04 Å². The monoisotopic (exact) mass is 163 g/mol. The Morgan fingerprint density at radius 1 is 1.42 bits per heavy atom. The molecule has 0 saturated carbocycles. The summed E-state index contributed by atoms with van der Waals surface area (Å²) in [6.45, 7) is 3.60. The van der Waals surface area contributed by atoms with Crippen LogP contribution >= 0.6 is 0 Å². The Morgan fingerprint density at radius 3 is 2.50 bits per heavy atom. The molecule has 2 nitrogen and oxygen atoms in total. The number of phenolic OH excluding ortho intramolecular Hbond substituents is 1. The van der Waals surface area contributed by atoms with Crippen LogP contribution in [0.1, 0.15) is 5.56 Å². The first-order valence-electron chi connectivity index (χ1n) is 3.88. The molecule has 0 aliphatic rings. The van der Waals surface area contributed by atoms with E-state index in [2.05, 4.69) is 6.58 Å². The van der Waals surface area contributed by atoms with Gasteiger partial charge in [0.15, 0.2) is 0 Å². The van der Waals surface area contributed by atoms with Gasteiger partial charge in [-0.15, -0.1) is 6.58 Å². The van der Waals surface area contributed by atoms with E-state index in [0.29, 0.717) is 0 Å². The zero-order valence-electron chi connectivity index (χ0n) is 6.90. The summed E-state index contributed by atoms with van der Waals surface area (Å²) in [5, 5.41) is 9.00. The molecule has 1 atom stereocenters. The minimum absolute atomic E-state index is 0.00505. The molecule has 0 aliphatic carbocycles. The summed E-state index contributed by atoms with van der Waals surface area (Å²) in [4.78, 5) is 0. The topological polar surface area (TPSA) is 46.2 Å². The maximum atomic E-state index is 9.00. The first-order valence-corrected chi connectivity index (χ1v) is 3.88. The Bertz CT molecular complexity index is 253. The maximum absolute atomic E-state index is 9.00. The summed E-state index contributed by atoms with van der Waals surface area (Å²) in [7, 11) is 0. The number of aromatic hydroxyl groups is 1. The molecule has 0 fully saturated rings. The molecule has 3 N–H and O–H groups in total. The molecule has 1 unspecified atom stereocenters. The summed E-state index contributed by atoms with van der Waals surface area (Å²) >= 11 is 0. The van der Waals surface area contributed by atoms with Crippen molar-refractivity contribution in [3.8, 4) is 5.75 Å². The van der Waals surface area contributed by atoms with Crippen molar-refractivity contribution in [2.45, 2.75) is 12.5 Å². The molecule has 1 aromatic carbocycles. The van der Waals surface area contributed by atoms with Crippen LogP contribution in [0.25, 0.3) is 0 Å². The highest BCUT2D eigenvalue weighted by Crippen LogP contribution is 2.10. The van der Waals surface area contributed by atoms with Gasteiger partial charge in [0.1, 0.15) is 5.75 Å². The van der Waals surface area contributed by atoms with E-state index >= 15 is 0 Å². The highest BCUT2D eigenvalue weighted by Gasteiger charge is 1.98. The van der Waals surface area contributed by atoms with Gasteiger partial charge < -0.3 is 10.8 Å². The smallest absolute Gasteiger partial charge is 0.115 e. The van der Waals surface area contributed by atoms with E-state index in [1.54, 1.807) is 18.2 Å². The standard InChI is InChI=1S/C10H13NO/c1-2-9(11)7-8-3-5-10(12)6-4-8/h2-6,9,12H,1,7,11H2. The number of rotatable bonds is 3. The van der Waals surface area contributed by atoms with Crippen molar-refractivity contribution >= 4 is 0 Å². The molecule has 0 saturated heterocycles. The second-order valence-corrected chi connectivity index (χ2v) is 2.77.